The summed E-state index contributed by atoms with van der Waals surface area (Å²) in [5, 5.41) is 3.03. The number of esters is 1. The standard InChI is InChI=1S/C62H111N2O7P/c1-7-10-13-16-19-22-25-27-29-31-32-33-35-37-40-43-46-49-52-55-62(66)71-60(53-50-47-44-41-38-24-21-18-15-12-9-3)59(58-70-72(67,68)69-57-56-64(4,5)6)63-61(65)54-51-48-45-42-39-36-34-30-28-26-23-20-17-14-11-8-2/h10,13,19,22,27,29-30,32-34,37,40,50,53,59-60H,7-9,11-12,14-18,20-21,23-26,28,31,35-36,38-39,41-49,51-52,54-58H2,1-6H3,(H-,63,65,67,68)/p+1/b13-10-,22-19-,29-27-,33-32-,34-30+,40-37-,53-50+. The molecule has 72 heavy (non-hydrogen) atoms. The van der Waals surface area contributed by atoms with Crippen molar-refractivity contribution < 1.29 is 37.3 Å². The Kier molecular flexibility index (Phi) is 49.6. The first-order valence-electron chi connectivity index (χ1n) is 29.4. The highest BCUT2D eigenvalue weighted by atomic mass is 31.2. The number of phosphoric ester groups is 1. The molecule has 0 aliphatic carbocycles. The number of hydrogen-bond donors (Lipinski definition) is 2. The molecule has 0 spiro atoms. The fourth-order valence-electron chi connectivity index (χ4n) is 8.02. The van der Waals surface area contributed by atoms with Gasteiger partial charge >= 0.3 is 13.8 Å². The Labute approximate surface area is 444 Å². The van der Waals surface area contributed by atoms with Gasteiger partial charge in [0, 0.05) is 12.8 Å². The predicted molar refractivity (Wildman–Crippen MR) is 309 cm³/mol. The van der Waals surface area contributed by atoms with E-state index in [1.165, 1.54) is 96.3 Å². The summed E-state index contributed by atoms with van der Waals surface area (Å²) in [6.07, 6.45) is 67.2. The van der Waals surface area contributed by atoms with Gasteiger partial charge in [0.1, 0.15) is 19.3 Å². The van der Waals surface area contributed by atoms with Gasteiger partial charge in [-0.15, -0.1) is 0 Å². The second kappa shape index (κ2) is 51.7. The number of amides is 1. The monoisotopic (exact) mass is 1030 g/mol. The number of likely N-dealkylation sites (N-methyl/N-ethyl adjacent to an activating group) is 1. The van der Waals surface area contributed by atoms with Crippen molar-refractivity contribution in [3.05, 3.63) is 85.1 Å². The van der Waals surface area contributed by atoms with Crippen LogP contribution in [0.5, 0.6) is 0 Å². The van der Waals surface area contributed by atoms with Gasteiger partial charge < -0.3 is 19.4 Å². The van der Waals surface area contributed by atoms with E-state index >= 15 is 0 Å². The fourth-order valence-corrected chi connectivity index (χ4v) is 8.75. The minimum Gasteiger partial charge on any atom is -0.456 e. The van der Waals surface area contributed by atoms with Crippen molar-refractivity contribution in [2.75, 3.05) is 40.9 Å². The van der Waals surface area contributed by atoms with Crippen LogP contribution in [0, 0.1) is 0 Å². The Hall–Kier alpha value is -2.81. The van der Waals surface area contributed by atoms with Gasteiger partial charge in [-0.3, -0.25) is 18.6 Å². The van der Waals surface area contributed by atoms with Crippen molar-refractivity contribution in [2.24, 2.45) is 0 Å². The van der Waals surface area contributed by atoms with Crippen LogP contribution in [-0.4, -0.2) is 74.3 Å². The van der Waals surface area contributed by atoms with Crippen molar-refractivity contribution in [1.82, 2.24) is 5.32 Å². The van der Waals surface area contributed by atoms with Crippen molar-refractivity contribution in [3.8, 4) is 0 Å². The van der Waals surface area contributed by atoms with Crippen LogP contribution in [-0.2, 0) is 27.9 Å². The van der Waals surface area contributed by atoms with Gasteiger partial charge in [-0.05, 0) is 102 Å². The third-order valence-electron chi connectivity index (χ3n) is 12.6. The van der Waals surface area contributed by atoms with E-state index in [1.807, 2.05) is 33.3 Å². The molecule has 0 aromatic heterocycles. The summed E-state index contributed by atoms with van der Waals surface area (Å²) in [6, 6.07) is -0.869. The molecule has 0 aliphatic rings. The Balaban J connectivity index is 5.37. The molecule has 10 heteroatoms. The van der Waals surface area contributed by atoms with Crippen LogP contribution in [0.15, 0.2) is 85.1 Å². The third kappa shape index (κ3) is 52.1. The highest BCUT2D eigenvalue weighted by molar-refractivity contribution is 7.47. The number of phosphoric acid groups is 1. The number of carbonyl (C=O) groups excluding carboxylic acids is 2. The quantitative estimate of drug-likeness (QED) is 0.0205. The summed E-state index contributed by atoms with van der Waals surface area (Å²) < 4.78 is 30.6. The number of quaternary nitrogens is 1. The maximum absolute atomic E-state index is 13.5. The molecule has 0 radical (unpaired) electrons. The number of nitrogens with zero attached hydrogens (tertiary/aromatic N) is 1. The Morgan fingerprint density at radius 2 is 0.889 bits per heavy atom. The summed E-state index contributed by atoms with van der Waals surface area (Å²) in [5.41, 5.74) is 0. The van der Waals surface area contributed by atoms with Crippen molar-refractivity contribution in [3.63, 3.8) is 0 Å². The van der Waals surface area contributed by atoms with Crippen LogP contribution < -0.4 is 5.32 Å². The summed E-state index contributed by atoms with van der Waals surface area (Å²) >= 11 is 0. The van der Waals surface area contributed by atoms with Crippen molar-refractivity contribution in [2.45, 2.75) is 258 Å². The van der Waals surface area contributed by atoms with Gasteiger partial charge in [-0.2, -0.15) is 0 Å². The average molecular weight is 1030 g/mol. The van der Waals surface area contributed by atoms with Gasteiger partial charge in [-0.1, -0.05) is 215 Å². The first-order chi connectivity index (χ1) is 34.9. The Morgan fingerprint density at radius 1 is 0.500 bits per heavy atom. The zero-order valence-electron chi connectivity index (χ0n) is 47.4. The van der Waals surface area contributed by atoms with Gasteiger partial charge in [0.2, 0.25) is 5.91 Å². The van der Waals surface area contributed by atoms with Crippen molar-refractivity contribution >= 4 is 19.7 Å². The molecule has 0 heterocycles. The lowest BCUT2D eigenvalue weighted by atomic mass is 10.1. The summed E-state index contributed by atoms with van der Waals surface area (Å²) in [4.78, 5) is 37.6. The lowest BCUT2D eigenvalue weighted by molar-refractivity contribution is -0.870. The molecular formula is C62H112N2O7P+. The second-order valence-corrected chi connectivity index (χ2v) is 22.2. The van der Waals surface area contributed by atoms with Crippen LogP contribution in [0.1, 0.15) is 245 Å². The van der Waals surface area contributed by atoms with E-state index in [-0.39, 0.29) is 31.5 Å². The molecule has 416 valence electrons. The van der Waals surface area contributed by atoms with E-state index in [1.54, 1.807) is 0 Å². The number of carbonyl (C=O) groups is 2. The third-order valence-corrected chi connectivity index (χ3v) is 13.6. The maximum atomic E-state index is 13.5. The number of ether oxygens (including phenoxy) is 1. The van der Waals surface area contributed by atoms with E-state index in [0.717, 1.165) is 109 Å². The minimum atomic E-state index is -4.46. The number of rotatable bonds is 52. The van der Waals surface area contributed by atoms with Gasteiger partial charge in [0.25, 0.3) is 0 Å². The largest absolute Gasteiger partial charge is 0.472 e. The molecule has 9 nitrogen and oxygen atoms in total. The molecular weight excluding hydrogens is 916 g/mol. The van der Waals surface area contributed by atoms with Crippen molar-refractivity contribution in [1.29, 1.82) is 0 Å². The first kappa shape index (κ1) is 69.2. The molecule has 0 aromatic rings. The van der Waals surface area contributed by atoms with Crippen LogP contribution in [0.2, 0.25) is 0 Å². The van der Waals surface area contributed by atoms with Crippen LogP contribution in [0.4, 0.5) is 0 Å². The number of hydrogen-bond acceptors (Lipinski definition) is 6. The zero-order valence-corrected chi connectivity index (χ0v) is 48.3. The molecule has 0 aromatic carbocycles. The molecule has 0 rings (SSSR count). The fraction of sp³-hybridized carbons (Fsp3) is 0.742. The molecule has 0 aliphatic heterocycles. The molecule has 2 N–H and O–H groups in total. The first-order valence-corrected chi connectivity index (χ1v) is 30.9. The molecule has 3 unspecified atom stereocenters. The van der Waals surface area contributed by atoms with Crippen LogP contribution in [0.3, 0.4) is 0 Å². The van der Waals surface area contributed by atoms with E-state index in [2.05, 4.69) is 99.0 Å². The topological polar surface area (TPSA) is 111 Å². The van der Waals surface area contributed by atoms with E-state index in [4.69, 9.17) is 13.8 Å². The molecule has 0 fully saturated rings. The second-order valence-electron chi connectivity index (χ2n) is 20.8. The van der Waals surface area contributed by atoms with Crippen LogP contribution in [0.25, 0.3) is 0 Å². The summed E-state index contributed by atoms with van der Waals surface area (Å²) in [6.45, 7) is 6.85. The Bertz CT molecular complexity index is 1510. The minimum absolute atomic E-state index is 0.0297. The van der Waals surface area contributed by atoms with Crippen LogP contribution >= 0.6 is 7.82 Å². The maximum Gasteiger partial charge on any atom is 0.472 e. The number of nitrogens with one attached hydrogen (secondary N) is 1. The molecule has 3 atom stereocenters. The van der Waals surface area contributed by atoms with E-state index in [0.29, 0.717) is 23.9 Å². The number of unbranched alkanes of at least 4 members (excludes halogenated alkanes) is 24. The Morgan fingerprint density at radius 3 is 1.36 bits per heavy atom. The SMILES string of the molecule is CC/C=C\C/C=C\C/C=C\C/C=C\C/C=C\CCCCCC(=O)OC(/C=C/CCCCCCCCCCC)C(COP(=O)(O)OCC[N+](C)(C)C)NC(=O)CCCCCCC/C=C/CCCCCCCCC. The smallest absolute Gasteiger partial charge is 0.456 e. The van der Waals surface area contributed by atoms with E-state index < -0.39 is 20.0 Å². The predicted octanol–water partition coefficient (Wildman–Crippen LogP) is 17.8. The molecule has 0 saturated heterocycles. The normalized spacial score (nSPS) is 14.4. The molecule has 0 saturated carbocycles. The lowest BCUT2D eigenvalue weighted by Gasteiger charge is -2.27. The summed E-state index contributed by atoms with van der Waals surface area (Å²) in [7, 11) is 1.46. The lowest BCUT2D eigenvalue weighted by Crippen LogP contribution is -2.47. The van der Waals surface area contributed by atoms with Gasteiger partial charge in [0.05, 0.1) is 33.8 Å². The molecule has 0 bridgehead atoms. The zero-order chi connectivity index (χ0) is 52.9. The average Bonchev–Trinajstić information content (AvgIpc) is 3.34. The highest BCUT2D eigenvalue weighted by Crippen LogP contribution is 2.43. The van der Waals surface area contributed by atoms with Gasteiger partial charge in [-0.25, -0.2) is 4.57 Å². The van der Waals surface area contributed by atoms with E-state index in [9.17, 15) is 19.0 Å². The number of allylic oxidation sites excluding steroid dienone is 13. The molecule has 1 amide bonds. The highest BCUT2D eigenvalue weighted by Gasteiger charge is 2.30. The van der Waals surface area contributed by atoms with Gasteiger partial charge in [0.15, 0.2) is 0 Å². The summed E-state index contributed by atoms with van der Waals surface area (Å²) in [5.74, 6) is -0.556.